The number of carbonyl (C=O) groups excluding carboxylic acids is 1. The molecule has 3 heteroatoms. The van der Waals surface area contributed by atoms with Gasteiger partial charge in [-0.05, 0) is 30.9 Å². The summed E-state index contributed by atoms with van der Waals surface area (Å²) in [5.74, 6) is 1.06. The quantitative estimate of drug-likeness (QED) is 0.755. The van der Waals surface area contributed by atoms with E-state index in [9.17, 15) is 4.79 Å². The van der Waals surface area contributed by atoms with Crippen molar-refractivity contribution in [2.24, 2.45) is 5.92 Å². The van der Waals surface area contributed by atoms with E-state index in [1.807, 2.05) is 36.4 Å². The molecule has 1 aromatic rings. The van der Waals surface area contributed by atoms with Crippen molar-refractivity contribution < 1.29 is 14.3 Å². The lowest BCUT2D eigenvalue weighted by atomic mass is 9.96. The molecule has 0 fully saturated rings. The van der Waals surface area contributed by atoms with E-state index in [2.05, 4.69) is 6.92 Å². The van der Waals surface area contributed by atoms with E-state index < -0.39 is 6.16 Å². The van der Waals surface area contributed by atoms with Crippen LogP contribution in [0.2, 0.25) is 0 Å². The van der Waals surface area contributed by atoms with E-state index in [4.69, 9.17) is 9.47 Å². The van der Waals surface area contributed by atoms with Crippen molar-refractivity contribution in [1.29, 1.82) is 0 Å². The zero-order valence-electron chi connectivity index (χ0n) is 10.6. The highest BCUT2D eigenvalue weighted by Gasteiger charge is 2.18. The highest BCUT2D eigenvalue weighted by molar-refractivity contribution is 5.61. The van der Waals surface area contributed by atoms with Gasteiger partial charge in [0.25, 0.3) is 0 Å². The molecule has 2 rings (SSSR count). The van der Waals surface area contributed by atoms with Crippen LogP contribution in [0.4, 0.5) is 4.79 Å². The topological polar surface area (TPSA) is 35.5 Å². The van der Waals surface area contributed by atoms with Gasteiger partial charge < -0.3 is 9.47 Å². The van der Waals surface area contributed by atoms with Crippen molar-refractivity contribution in [3.63, 3.8) is 0 Å². The fourth-order valence-corrected chi connectivity index (χ4v) is 2.00. The Hall–Kier alpha value is -1.77. The van der Waals surface area contributed by atoms with Crippen molar-refractivity contribution >= 4 is 6.16 Å². The SMILES string of the molecule is CC1CCCC=C1OC(=O)OCc1ccccc1. The first-order chi connectivity index (χ1) is 8.75. The summed E-state index contributed by atoms with van der Waals surface area (Å²) in [6, 6.07) is 9.58. The Kier molecular flexibility index (Phi) is 4.40. The minimum atomic E-state index is -0.612. The number of hydrogen-bond donors (Lipinski definition) is 0. The van der Waals surface area contributed by atoms with Crippen LogP contribution in [0.5, 0.6) is 0 Å². The molecular formula is C15H18O3. The second-order valence-electron chi connectivity index (χ2n) is 4.56. The van der Waals surface area contributed by atoms with E-state index >= 15 is 0 Å². The average Bonchev–Trinajstić information content (AvgIpc) is 2.40. The van der Waals surface area contributed by atoms with Gasteiger partial charge in [-0.25, -0.2) is 4.79 Å². The molecule has 96 valence electrons. The first-order valence-corrected chi connectivity index (χ1v) is 6.34. The van der Waals surface area contributed by atoms with Crippen molar-refractivity contribution in [3.8, 4) is 0 Å². The van der Waals surface area contributed by atoms with Gasteiger partial charge in [0.05, 0.1) is 0 Å². The number of carbonyl (C=O) groups is 1. The summed E-state index contributed by atoms with van der Waals surface area (Å²) in [7, 11) is 0. The van der Waals surface area contributed by atoms with Crippen molar-refractivity contribution in [2.45, 2.75) is 32.8 Å². The van der Waals surface area contributed by atoms with Crippen molar-refractivity contribution in [2.75, 3.05) is 0 Å². The predicted molar refractivity (Wildman–Crippen MR) is 68.8 cm³/mol. The number of hydrogen-bond acceptors (Lipinski definition) is 3. The molecule has 0 N–H and O–H groups in total. The maximum absolute atomic E-state index is 11.5. The Balaban J connectivity index is 1.80. The lowest BCUT2D eigenvalue weighted by Gasteiger charge is -2.19. The van der Waals surface area contributed by atoms with Crippen LogP contribution in [0.1, 0.15) is 31.7 Å². The summed E-state index contributed by atoms with van der Waals surface area (Å²) in [6.07, 6.45) is 4.58. The van der Waals surface area contributed by atoms with E-state index in [0.29, 0.717) is 5.92 Å². The summed E-state index contributed by atoms with van der Waals surface area (Å²) in [4.78, 5) is 11.5. The molecule has 3 nitrogen and oxygen atoms in total. The molecule has 0 aliphatic heterocycles. The van der Waals surface area contributed by atoms with Crippen LogP contribution in [-0.4, -0.2) is 6.16 Å². The van der Waals surface area contributed by atoms with Crippen molar-refractivity contribution in [3.05, 3.63) is 47.7 Å². The van der Waals surface area contributed by atoms with E-state index in [1.165, 1.54) is 0 Å². The third-order valence-corrected chi connectivity index (χ3v) is 3.07. The fourth-order valence-electron chi connectivity index (χ4n) is 2.00. The molecule has 0 spiro atoms. The lowest BCUT2D eigenvalue weighted by molar-refractivity contribution is 0.0632. The molecule has 0 bridgehead atoms. The summed E-state index contributed by atoms with van der Waals surface area (Å²) in [6.45, 7) is 2.32. The standard InChI is InChI=1S/C15H18O3/c1-12-7-5-6-10-14(12)18-15(16)17-11-13-8-3-2-4-9-13/h2-4,8-10,12H,5-7,11H2,1H3. The molecule has 1 atom stereocenters. The van der Waals surface area contributed by atoms with Crippen LogP contribution in [0.3, 0.4) is 0 Å². The number of allylic oxidation sites excluding steroid dienone is 2. The Bertz CT molecular complexity index is 423. The minimum Gasteiger partial charge on any atom is -0.429 e. The Labute approximate surface area is 107 Å². The summed E-state index contributed by atoms with van der Waals surface area (Å²) >= 11 is 0. The first kappa shape index (κ1) is 12.7. The summed E-state index contributed by atoms with van der Waals surface area (Å²) in [5, 5.41) is 0. The third kappa shape index (κ3) is 3.62. The highest BCUT2D eigenvalue weighted by Crippen LogP contribution is 2.25. The minimum absolute atomic E-state index is 0.251. The molecule has 0 heterocycles. The van der Waals surface area contributed by atoms with Gasteiger partial charge in [0.1, 0.15) is 12.4 Å². The maximum Gasteiger partial charge on any atom is 0.513 e. The number of ether oxygens (including phenoxy) is 2. The zero-order valence-corrected chi connectivity index (χ0v) is 10.6. The number of rotatable bonds is 3. The summed E-state index contributed by atoms with van der Waals surface area (Å²) in [5.41, 5.74) is 0.958. The molecule has 1 aliphatic rings. The molecule has 0 aromatic heterocycles. The van der Waals surface area contributed by atoms with Crippen LogP contribution in [0.15, 0.2) is 42.2 Å². The second-order valence-corrected chi connectivity index (χ2v) is 4.56. The van der Waals surface area contributed by atoms with Gasteiger partial charge >= 0.3 is 6.16 Å². The van der Waals surface area contributed by atoms with Gasteiger partial charge in [0.15, 0.2) is 0 Å². The first-order valence-electron chi connectivity index (χ1n) is 6.34. The van der Waals surface area contributed by atoms with Crippen LogP contribution >= 0.6 is 0 Å². The van der Waals surface area contributed by atoms with E-state index in [-0.39, 0.29) is 6.61 Å². The van der Waals surface area contributed by atoms with Crippen LogP contribution in [0, 0.1) is 5.92 Å². The molecular weight excluding hydrogens is 228 g/mol. The van der Waals surface area contributed by atoms with Gasteiger partial charge in [0, 0.05) is 5.92 Å². The molecule has 0 saturated carbocycles. The Morgan fingerprint density at radius 2 is 2.11 bits per heavy atom. The van der Waals surface area contributed by atoms with Crippen LogP contribution in [0.25, 0.3) is 0 Å². The smallest absolute Gasteiger partial charge is 0.429 e. The predicted octanol–water partition coefficient (Wildman–Crippen LogP) is 4.04. The van der Waals surface area contributed by atoms with E-state index in [0.717, 1.165) is 30.6 Å². The monoisotopic (exact) mass is 246 g/mol. The fraction of sp³-hybridized carbons (Fsp3) is 0.400. The molecule has 1 unspecified atom stereocenters. The molecule has 18 heavy (non-hydrogen) atoms. The normalized spacial score (nSPS) is 18.9. The second kappa shape index (κ2) is 6.24. The summed E-state index contributed by atoms with van der Waals surface area (Å²) < 4.78 is 10.3. The third-order valence-electron chi connectivity index (χ3n) is 3.07. The molecule has 1 aromatic carbocycles. The van der Waals surface area contributed by atoms with Gasteiger partial charge in [-0.1, -0.05) is 37.3 Å². The van der Waals surface area contributed by atoms with Crippen LogP contribution < -0.4 is 0 Å². The molecule has 0 radical (unpaired) electrons. The molecule has 0 saturated heterocycles. The van der Waals surface area contributed by atoms with Gasteiger partial charge in [-0.3, -0.25) is 0 Å². The highest BCUT2D eigenvalue weighted by atomic mass is 16.7. The lowest BCUT2D eigenvalue weighted by Crippen LogP contribution is -2.13. The average molecular weight is 246 g/mol. The van der Waals surface area contributed by atoms with Gasteiger partial charge in [0.2, 0.25) is 0 Å². The number of benzene rings is 1. The molecule has 1 aliphatic carbocycles. The van der Waals surface area contributed by atoms with Crippen molar-refractivity contribution in [1.82, 2.24) is 0 Å². The largest absolute Gasteiger partial charge is 0.513 e. The van der Waals surface area contributed by atoms with E-state index in [1.54, 1.807) is 0 Å². The van der Waals surface area contributed by atoms with Gasteiger partial charge in [-0.15, -0.1) is 0 Å². The Morgan fingerprint density at radius 1 is 1.33 bits per heavy atom. The maximum atomic E-state index is 11.5. The van der Waals surface area contributed by atoms with Gasteiger partial charge in [-0.2, -0.15) is 0 Å². The van der Waals surface area contributed by atoms with Crippen LogP contribution in [-0.2, 0) is 16.1 Å². The zero-order chi connectivity index (χ0) is 12.8. The Morgan fingerprint density at radius 3 is 2.83 bits per heavy atom. The molecule has 0 amide bonds.